The minimum Gasteiger partial charge on any atom is -0.506 e. The summed E-state index contributed by atoms with van der Waals surface area (Å²) in [5, 5.41) is 23.4. The summed E-state index contributed by atoms with van der Waals surface area (Å²) >= 11 is 0. The maximum Gasteiger partial charge on any atom is 0.253 e. The highest BCUT2D eigenvalue weighted by atomic mass is 32.2. The van der Waals surface area contributed by atoms with Crippen molar-refractivity contribution in [3.63, 3.8) is 0 Å². The number of sulfone groups is 1. The van der Waals surface area contributed by atoms with Gasteiger partial charge in [0.2, 0.25) is 0 Å². The molecule has 0 saturated carbocycles. The molecule has 186 valence electrons. The summed E-state index contributed by atoms with van der Waals surface area (Å²) in [5.41, 5.74) is -0.275. The molecule has 10 heteroatoms. The van der Waals surface area contributed by atoms with E-state index in [0.717, 1.165) is 11.0 Å². The fourth-order valence-corrected chi connectivity index (χ4v) is 7.07. The van der Waals surface area contributed by atoms with Crippen molar-refractivity contribution in [1.29, 1.82) is 0 Å². The number of anilines is 2. The highest BCUT2D eigenvalue weighted by Crippen LogP contribution is 2.51. The molecule has 2 heterocycles. The number of allylic oxidation sites excluding steroid dienone is 1. The summed E-state index contributed by atoms with van der Waals surface area (Å²) in [4.78, 5) is 14.0. The molecule has 2 aromatic carbocycles. The third kappa shape index (κ3) is 4.51. The van der Waals surface area contributed by atoms with Crippen LogP contribution >= 0.6 is 0 Å². The van der Waals surface area contributed by atoms with Crippen molar-refractivity contribution in [3.8, 4) is 11.5 Å². The van der Waals surface area contributed by atoms with E-state index in [1.165, 1.54) is 36.4 Å². The van der Waals surface area contributed by atoms with Gasteiger partial charge in [0, 0.05) is 17.3 Å². The van der Waals surface area contributed by atoms with Crippen LogP contribution in [0.2, 0.25) is 0 Å². The Bertz CT molecular complexity index is 1340. The van der Waals surface area contributed by atoms with Crippen LogP contribution < -0.4 is 15.0 Å². The van der Waals surface area contributed by atoms with Crippen LogP contribution in [-0.2, 0) is 14.6 Å². The first-order valence-corrected chi connectivity index (χ1v) is 12.6. The summed E-state index contributed by atoms with van der Waals surface area (Å²) in [7, 11) is -4.01. The number of nitrogens with zero attached hydrogens (tertiary/aromatic N) is 1. The van der Waals surface area contributed by atoms with Gasteiger partial charge >= 0.3 is 0 Å². The van der Waals surface area contributed by atoms with Crippen LogP contribution in [0.1, 0.15) is 31.9 Å². The van der Waals surface area contributed by atoms with Crippen LogP contribution in [0.25, 0.3) is 0 Å². The normalized spacial score (nSPS) is 20.2. The summed E-state index contributed by atoms with van der Waals surface area (Å²) in [6, 6.07) is 6.91. The van der Waals surface area contributed by atoms with Crippen molar-refractivity contribution in [1.82, 2.24) is 0 Å². The molecule has 2 aliphatic heterocycles. The van der Waals surface area contributed by atoms with Gasteiger partial charge < -0.3 is 20.3 Å². The van der Waals surface area contributed by atoms with Crippen molar-refractivity contribution in [2.45, 2.75) is 26.3 Å². The lowest BCUT2D eigenvalue weighted by Crippen LogP contribution is -2.42. The van der Waals surface area contributed by atoms with E-state index < -0.39 is 39.6 Å². The van der Waals surface area contributed by atoms with Crippen molar-refractivity contribution < 1.29 is 32.6 Å². The van der Waals surface area contributed by atoms with Crippen LogP contribution in [0.3, 0.4) is 0 Å². The van der Waals surface area contributed by atoms with E-state index in [1.54, 1.807) is 13.8 Å². The molecule has 2 aliphatic rings. The van der Waals surface area contributed by atoms with Crippen LogP contribution in [0.15, 0.2) is 59.7 Å². The maximum absolute atomic E-state index is 15.6. The second-order valence-electron chi connectivity index (χ2n) is 9.35. The van der Waals surface area contributed by atoms with Gasteiger partial charge in [0.1, 0.15) is 42.3 Å². The largest absolute Gasteiger partial charge is 0.506 e. The number of hydrogen-bond acceptors (Lipinski definition) is 7. The number of amides is 1. The molecular weight excluding hydrogens is 475 g/mol. The predicted molar refractivity (Wildman–Crippen MR) is 130 cm³/mol. The number of fused-ring (bicyclic) bond motifs is 1. The Hall–Kier alpha value is -3.37. The number of hydrogen-bond donors (Lipinski definition) is 3. The molecule has 1 unspecified atom stereocenters. The molecule has 0 spiro atoms. The lowest BCUT2D eigenvalue weighted by Gasteiger charge is -2.37. The molecule has 3 N–H and O–H groups in total. The highest BCUT2D eigenvalue weighted by Gasteiger charge is 2.47. The van der Waals surface area contributed by atoms with Gasteiger partial charge in [0.15, 0.2) is 9.84 Å². The van der Waals surface area contributed by atoms with Crippen molar-refractivity contribution >= 4 is 27.1 Å². The number of benzene rings is 2. The van der Waals surface area contributed by atoms with Gasteiger partial charge in [-0.05, 0) is 36.1 Å². The maximum atomic E-state index is 15.6. The SMILES string of the molecule is C=CCOc1ccc(C2C3=C(CC(C)(C)CS3(=O)=O)Nc3c(O)cccc3N2C(=O)CO)c(F)c1. The first kappa shape index (κ1) is 24.7. The Morgan fingerprint density at radius 3 is 2.74 bits per heavy atom. The number of carbonyl (C=O) groups is 1. The van der Waals surface area contributed by atoms with E-state index in [1.807, 2.05) is 0 Å². The molecular formula is C25H27FN2O6S. The van der Waals surface area contributed by atoms with Gasteiger partial charge in [-0.1, -0.05) is 32.6 Å². The number of aliphatic hydroxyl groups excluding tert-OH is 1. The molecule has 1 atom stereocenters. The van der Waals surface area contributed by atoms with Gasteiger partial charge in [-0.3, -0.25) is 9.69 Å². The number of phenols is 1. The molecule has 4 rings (SSSR count). The number of aromatic hydroxyl groups is 1. The molecule has 0 aliphatic carbocycles. The number of para-hydroxylation sites is 1. The van der Waals surface area contributed by atoms with Gasteiger partial charge in [-0.15, -0.1) is 0 Å². The number of nitrogens with one attached hydrogen (secondary N) is 1. The number of aliphatic hydroxyl groups is 1. The first-order chi connectivity index (χ1) is 16.5. The third-order valence-corrected chi connectivity index (χ3v) is 8.27. The Morgan fingerprint density at radius 2 is 2.09 bits per heavy atom. The molecule has 0 aromatic heterocycles. The standard InChI is InChI=1S/C25H27FN2O6S/c1-4-10-34-15-8-9-16(17(26)11-15)23-24-18(12-25(2,3)14-35(24,32)33)27-22-19(6-5-7-20(22)30)28(23)21(31)13-29/h4-9,11,23,27,29-30H,1,10,12-14H2,2-3H3. The molecule has 0 bridgehead atoms. The number of ether oxygens (including phenoxy) is 1. The van der Waals surface area contributed by atoms with Crippen molar-refractivity contribution in [3.05, 3.63) is 71.0 Å². The average Bonchev–Trinajstić information content (AvgIpc) is 2.91. The van der Waals surface area contributed by atoms with E-state index >= 15 is 4.39 Å². The van der Waals surface area contributed by atoms with E-state index in [2.05, 4.69) is 11.9 Å². The van der Waals surface area contributed by atoms with E-state index in [9.17, 15) is 23.4 Å². The highest BCUT2D eigenvalue weighted by molar-refractivity contribution is 7.95. The average molecular weight is 503 g/mol. The summed E-state index contributed by atoms with van der Waals surface area (Å²) in [6.45, 7) is 6.33. The Morgan fingerprint density at radius 1 is 1.34 bits per heavy atom. The van der Waals surface area contributed by atoms with Crippen LogP contribution in [0, 0.1) is 11.2 Å². The zero-order valence-corrected chi connectivity index (χ0v) is 20.2. The topological polar surface area (TPSA) is 116 Å². The second kappa shape index (κ2) is 9.01. The molecule has 35 heavy (non-hydrogen) atoms. The molecule has 2 aromatic rings. The zero-order valence-electron chi connectivity index (χ0n) is 19.4. The second-order valence-corrected chi connectivity index (χ2v) is 11.3. The number of halogens is 1. The van der Waals surface area contributed by atoms with Crippen LogP contribution in [0.4, 0.5) is 15.8 Å². The van der Waals surface area contributed by atoms with Crippen molar-refractivity contribution in [2.75, 3.05) is 29.2 Å². The van der Waals surface area contributed by atoms with E-state index in [4.69, 9.17) is 4.74 Å². The lowest BCUT2D eigenvalue weighted by molar-refractivity contribution is -0.121. The predicted octanol–water partition coefficient (Wildman–Crippen LogP) is 3.64. The van der Waals surface area contributed by atoms with E-state index in [-0.39, 0.29) is 57.8 Å². The number of rotatable bonds is 5. The number of phenolic OH excluding ortho intramolecular Hbond substituents is 1. The minimum atomic E-state index is -4.01. The van der Waals surface area contributed by atoms with Crippen molar-refractivity contribution in [2.24, 2.45) is 5.41 Å². The van der Waals surface area contributed by atoms with Crippen LogP contribution in [0.5, 0.6) is 11.5 Å². The molecule has 0 fully saturated rings. The first-order valence-electron chi connectivity index (χ1n) is 11.0. The molecule has 0 radical (unpaired) electrons. The van der Waals surface area contributed by atoms with Gasteiger partial charge in [0.05, 0.1) is 16.3 Å². The Labute approximate surface area is 203 Å². The lowest BCUT2D eigenvalue weighted by atomic mass is 9.88. The summed E-state index contributed by atoms with van der Waals surface area (Å²) in [5.74, 6) is -1.88. The van der Waals surface area contributed by atoms with Gasteiger partial charge in [0.25, 0.3) is 5.91 Å². The fourth-order valence-electron chi connectivity index (χ4n) is 4.71. The Kier molecular flexibility index (Phi) is 6.37. The monoisotopic (exact) mass is 502 g/mol. The summed E-state index contributed by atoms with van der Waals surface area (Å²) in [6.07, 6.45) is 1.77. The third-order valence-electron chi connectivity index (χ3n) is 5.97. The zero-order chi connectivity index (χ0) is 25.5. The molecule has 8 nitrogen and oxygen atoms in total. The minimum absolute atomic E-state index is 0.0912. The van der Waals surface area contributed by atoms with Gasteiger partial charge in [-0.2, -0.15) is 0 Å². The Balaban J connectivity index is 2.04. The molecule has 0 saturated heterocycles. The van der Waals surface area contributed by atoms with Crippen LogP contribution in [-0.4, -0.2) is 43.5 Å². The van der Waals surface area contributed by atoms with E-state index in [0.29, 0.717) is 0 Å². The summed E-state index contributed by atoms with van der Waals surface area (Å²) < 4.78 is 48.3. The molecule has 1 amide bonds. The van der Waals surface area contributed by atoms with Gasteiger partial charge in [-0.25, -0.2) is 12.8 Å². The quantitative estimate of drug-likeness (QED) is 0.422. The number of carbonyl (C=O) groups excluding carboxylic acids is 1. The fraction of sp³-hybridized carbons (Fsp3) is 0.320. The smallest absolute Gasteiger partial charge is 0.253 e.